The molecule has 1 aromatic carbocycles. The number of rotatable bonds is 8. The van der Waals surface area contributed by atoms with Gasteiger partial charge in [-0.05, 0) is 51.2 Å². The highest BCUT2D eigenvalue weighted by atomic mass is 16.5. The molecule has 0 aliphatic rings. The lowest BCUT2D eigenvalue weighted by molar-refractivity contribution is -0.123. The molecule has 0 aliphatic carbocycles. The maximum Gasteiger partial charge on any atom is 0.257 e. The van der Waals surface area contributed by atoms with Crippen LogP contribution < -0.4 is 10.1 Å². The van der Waals surface area contributed by atoms with E-state index in [1.54, 1.807) is 0 Å². The summed E-state index contributed by atoms with van der Waals surface area (Å²) in [6.07, 6.45) is 1.91. The molecule has 1 N–H and O–H groups in total. The van der Waals surface area contributed by atoms with Gasteiger partial charge < -0.3 is 15.0 Å². The van der Waals surface area contributed by atoms with Crippen LogP contribution in [-0.2, 0) is 11.2 Å². The van der Waals surface area contributed by atoms with E-state index < -0.39 is 0 Å². The quantitative estimate of drug-likeness (QED) is 0.727. The molecule has 0 spiro atoms. The van der Waals surface area contributed by atoms with Gasteiger partial charge in [0, 0.05) is 6.54 Å². The van der Waals surface area contributed by atoms with Crippen LogP contribution in [0.2, 0.25) is 0 Å². The first-order valence-electron chi connectivity index (χ1n) is 6.75. The lowest BCUT2D eigenvalue weighted by Gasteiger charge is -2.10. The summed E-state index contributed by atoms with van der Waals surface area (Å²) in [6, 6.07) is 7.84. The second kappa shape index (κ2) is 8.53. The Balaban J connectivity index is 2.22. The molecule has 0 saturated heterocycles. The molecule has 0 atom stereocenters. The summed E-state index contributed by atoms with van der Waals surface area (Å²) in [4.78, 5) is 13.7. The van der Waals surface area contributed by atoms with Crippen molar-refractivity contribution in [2.75, 3.05) is 33.8 Å². The van der Waals surface area contributed by atoms with Crippen molar-refractivity contribution in [3.05, 3.63) is 29.8 Å². The van der Waals surface area contributed by atoms with Crippen molar-refractivity contribution in [3.8, 4) is 5.75 Å². The zero-order valence-electron chi connectivity index (χ0n) is 12.1. The Morgan fingerprint density at radius 1 is 1.37 bits per heavy atom. The van der Waals surface area contributed by atoms with Gasteiger partial charge in [-0.1, -0.05) is 19.1 Å². The number of aryl methyl sites for hydroxylation is 1. The fourth-order valence-electron chi connectivity index (χ4n) is 1.68. The maximum atomic E-state index is 11.6. The van der Waals surface area contributed by atoms with Crippen LogP contribution in [0.5, 0.6) is 5.75 Å². The van der Waals surface area contributed by atoms with E-state index in [-0.39, 0.29) is 12.5 Å². The Labute approximate surface area is 115 Å². The summed E-state index contributed by atoms with van der Waals surface area (Å²) >= 11 is 0. The van der Waals surface area contributed by atoms with Crippen molar-refractivity contribution >= 4 is 5.91 Å². The Morgan fingerprint density at radius 2 is 2.16 bits per heavy atom. The number of carbonyl (C=O) groups excluding carboxylic acids is 1. The first-order chi connectivity index (χ1) is 9.11. The van der Waals surface area contributed by atoms with Gasteiger partial charge in [0.25, 0.3) is 5.91 Å². The molecule has 0 fully saturated rings. The second-order valence-corrected chi connectivity index (χ2v) is 4.80. The third-order valence-corrected chi connectivity index (χ3v) is 2.78. The van der Waals surface area contributed by atoms with Crippen LogP contribution in [0.3, 0.4) is 0 Å². The van der Waals surface area contributed by atoms with Crippen molar-refractivity contribution in [1.82, 2.24) is 10.2 Å². The van der Waals surface area contributed by atoms with Crippen molar-refractivity contribution in [1.29, 1.82) is 0 Å². The SMILES string of the molecule is CCc1cccc(OCC(=O)NCCCN(C)C)c1. The van der Waals surface area contributed by atoms with Crippen LogP contribution >= 0.6 is 0 Å². The van der Waals surface area contributed by atoms with Gasteiger partial charge in [-0.3, -0.25) is 4.79 Å². The number of amides is 1. The van der Waals surface area contributed by atoms with Gasteiger partial charge >= 0.3 is 0 Å². The zero-order chi connectivity index (χ0) is 14.1. The van der Waals surface area contributed by atoms with Crippen molar-refractivity contribution in [3.63, 3.8) is 0 Å². The molecule has 106 valence electrons. The number of benzene rings is 1. The average Bonchev–Trinajstić information content (AvgIpc) is 2.41. The van der Waals surface area contributed by atoms with Crippen molar-refractivity contribution < 1.29 is 9.53 Å². The van der Waals surface area contributed by atoms with Gasteiger partial charge in [0.1, 0.15) is 5.75 Å². The molecule has 19 heavy (non-hydrogen) atoms. The largest absolute Gasteiger partial charge is 0.484 e. The number of nitrogens with one attached hydrogen (secondary N) is 1. The molecule has 0 bridgehead atoms. The lowest BCUT2D eigenvalue weighted by atomic mass is 10.2. The zero-order valence-corrected chi connectivity index (χ0v) is 12.1. The van der Waals surface area contributed by atoms with Crippen LogP contribution in [0, 0.1) is 0 Å². The van der Waals surface area contributed by atoms with E-state index in [4.69, 9.17) is 4.74 Å². The maximum absolute atomic E-state index is 11.6. The fourth-order valence-corrected chi connectivity index (χ4v) is 1.68. The highest BCUT2D eigenvalue weighted by molar-refractivity contribution is 5.77. The van der Waals surface area contributed by atoms with Crippen LogP contribution in [0.1, 0.15) is 18.9 Å². The van der Waals surface area contributed by atoms with Gasteiger partial charge in [-0.15, -0.1) is 0 Å². The molecule has 1 amide bonds. The van der Waals surface area contributed by atoms with E-state index in [0.29, 0.717) is 6.54 Å². The minimum absolute atomic E-state index is 0.0688. The van der Waals surface area contributed by atoms with Gasteiger partial charge in [0.15, 0.2) is 6.61 Å². The molecule has 0 aliphatic heterocycles. The first-order valence-corrected chi connectivity index (χ1v) is 6.75. The van der Waals surface area contributed by atoms with E-state index in [1.165, 1.54) is 5.56 Å². The smallest absolute Gasteiger partial charge is 0.257 e. The van der Waals surface area contributed by atoms with E-state index in [2.05, 4.69) is 17.1 Å². The van der Waals surface area contributed by atoms with Crippen molar-refractivity contribution in [2.24, 2.45) is 0 Å². The number of carbonyl (C=O) groups is 1. The predicted molar refractivity (Wildman–Crippen MR) is 77.5 cm³/mol. The molecule has 0 aromatic heterocycles. The Morgan fingerprint density at radius 3 is 2.84 bits per heavy atom. The molecule has 1 rings (SSSR count). The second-order valence-electron chi connectivity index (χ2n) is 4.80. The molecule has 0 radical (unpaired) electrons. The highest BCUT2D eigenvalue weighted by Crippen LogP contribution is 2.13. The Bertz CT molecular complexity index is 391. The van der Waals surface area contributed by atoms with Crippen LogP contribution in [0.4, 0.5) is 0 Å². The molecule has 0 unspecified atom stereocenters. The minimum Gasteiger partial charge on any atom is -0.484 e. The summed E-state index contributed by atoms with van der Waals surface area (Å²) in [5.41, 5.74) is 1.21. The summed E-state index contributed by atoms with van der Waals surface area (Å²) < 4.78 is 5.47. The molecular formula is C15H24N2O2. The normalized spacial score (nSPS) is 10.5. The molecular weight excluding hydrogens is 240 g/mol. The average molecular weight is 264 g/mol. The van der Waals surface area contributed by atoms with Gasteiger partial charge in [-0.25, -0.2) is 0 Å². The molecule has 1 aromatic rings. The van der Waals surface area contributed by atoms with Crippen LogP contribution in [-0.4, -0.2) is 44.6 Å². The Hall–Kier alpha value is -1.55. The minimum atomic E-state index is -0.0688. The topological polar surface area (TPSA) is 41.6 Å². The third-order valence-electron chi connectivity index (χ3n) is 2.78. The van der Waals surface area contributed by atoms with E-state index >= 15 is 0 Å². The number of hydrogen-bond acceptors (Lipinski definition) is 3. The Kier molecular flexibility index (Phi) is 6.97. The monoisotopic (exact) mass is 264 g/mol. The predicted octanol–water partition coefficient (Wildman–Crippen LogP) is 1.70. The summed E-state index contributed by atoms with van der Waals surface area (Å²) in [7, 11) is 4.04. The molecule has 0 heterocycles. The molecule has 4 heteroatoms. The molecule has 4 nitrogen and oxygen atoms in total. The van der Waals surface area contributed by atoms with Crippen LogP contribution in [0.25, 0.3) is 0 Å². The van der Waals surface area contributed by atoms with E-state index in [0.717, 1.165) is 25.1 Å². The summed E-state index contributed by atoms with van der Waals surface area (Å²) in [5.74, 6) is 0.684. The fraction of sp³-hybridized carbons (Fsp3) is 0.533. The van der Waals surface area contributed by atoms with Gasteiger partial charge in [0.2, 0.25) is 0 Å². The van der Waals surface area contributed by atoms with Gasteiger partial charge in [0.05, 0.1) is 0 Å². The van der Waals surface area contributed by atoms with Crippen LogP contribution in [0.15, 0.2) is 24.3 Å². The summed E-state index contributed by atoms with van der Waals surface area (Å²) in [5, 5.41) is 2.85. The highest BCUT2D eigenvalue weighted by Gasteiger charge is 2.02. The van der Waals surface area contributed by atoms with E-state index in [1.807, 2.05) is 38.4 Å². The third kappa shape index (κ3) is 6.82. The first kappa shape index (κ1) is 15.5. The number of hydrogen-bond donors (Lipinski definition) is 1. The summed E-state index contributed by atoms with van der Waals surface area (Å²) in [6.45, 7) is 3.83. The number of nitrogens with zero attached hydrogens (tertiary/aromatic N) is 1. The van der Waals surface area contributed by atoms with Crippen molar-refractivity contribution in [2.45, 2.75) is 19.8 Å². The number of ether oxygens (including phenoxy) is 1. The van der Waals surface area contributed by atoms with E-state index in [9.17, 15) is 4.79 Å². The molecule has 0 saturated carbocycles. The van der Waals surface area contributed by atoms with Gasteiger partial charge in [-0.2, -0.15) is 0 Å². The lowest BCUT2D eigenvalue weighted by Crippen LogP contribution is -2.31. The standard InChI is InChI=1S/C15H24N2O2/c1-4-13-7-5-8-14(11-13)19-12-15(18)16-9-6-10-17(2)3/h5,7-8,11H,4,6,9-10,12H2,1-3H3,(H,16,18).